The molecule has 0 fully saturated rings. The molecule has 0 heterocycles. The molecule has 20 heavy (non-hydrogen) atoms. The number of hydrogen-bond acceptors (Lipinski definition) is 3. The Bertz CT molecular complexity index is 502. The van der Waals surface area contributed by atoms with E-state index >= 15 is 0 Å². The molecule has 1 aromatic carbocycles. The number of benzene rings is 1. The van der Waals surface area contributed by atoms with Gasteiger partial charge in [-0.2, -0.15) is 0 Å². The Hall–Kier alpha value is 0.688. The van der Waals surface area contributed by atoms with Crippen molar-refractivity contribution in [1.29, 1.82) is 0 Å². The Balaban J connectivity index is 2.67. The van der Waals surface area contributed by atoms with Crippen molar-refractivity contribution in [3.05, 3.63) is 29.8 Å². The van der Waals surface area contributed by atoms with Crippen LogP contribution in [0.3, 0.4) is 0 Å². The molecule has 0 aliphatic rings. The van der Waals surface area contributed by atoms with E-state index in [0.717, 1.165) is 12.0 Å². The van der Waals surface area contributed by atoms with Gasteiger partial charge in [0.1, 0.15) is 0 Å². The summed E-state index contributed by atoms with van der Waals surface area (Å²) in [6.45, 7) is 2.23. The van der Waals surface area contributed by atoms with E-state index in [-0.39, 0.29) is 4.90 Å². The van der Waals surface area contributed by atoms with Crippen LogP contribution in [-0.2, 0) is 14.3 Å². The quantitative estimate of drug-likeness (QED) is 0.413. The Labute approximate surface area is 141 Å². The first-order valence-corrected chi connectivity index (χ1v) is 15.1. The molecule has 0 aliphatic heterocycles. The molecule has 0 aliphatic carbocycles. The second-order valence-corrected chi connectivity index (χ2v) is 16.6. The maximum absolute atomic E-state index is 12.1. The summed E-state index contributed by atoms with van der Waals surface area (Å²) >= 11 is 1.65. The van der Waals surface area contributed by atoms with Gasteiger partial charge in [0, 0.05) is 0 Å². The van der Waals surface area contributed by atoms with Crippen LogP contribution in [0.4, 0.5) is 0 Å². The summed E-state index contributed by atoms with van der Waals surface area (Å²) in [5, 5.41) is 0. The number of rotatable bonds is 8. The molecule has 0 saturated heterocycles. The van der Waals surface area contributed by atoms with E-state index in [1.807, 2.05) is 6.92 Å². The van der Waals surface area contributed by atoms with Crippen LogP contribution in [0.15, 0.2) is 29.2 Å². The molecular weight excluding hydrogens is 473 g/mol. The minimum atomic E-state index is -3.60. The summed E-state index contributed by atoms with van der Waals surface area (Å²) in [5.74, 6) is 6.74. The van der Waals surface area contributed by atoms with Gasteiger partial charge >= 0.3 is 142 Å². The minimum absolute atomic E-state index is 0.250. The van der Waals surface area contributed by atoms with Crippen molar-refractivity contribution in [1.82, 2.24) is 0 Å². The Morgan fingerprint density at radius 1 is 1.05 bits per heavy atom. The Morgan fingerprint density at radius 3 is 2.00 bits per heavy atom. The van der Waals surface area contributed by atoms with Gasteiger partial charge in [-0.1, -0.05) is 0 Å². The van der Waals surface area contributed by atoms with E-state index in [1.165, 1.54) is 0 Å². The van der Waals surface area contributed by atoms with Crippen LogP contribution >= 0.6 is 0 Å². The number of aryl methyl sites for hydroxylation is 1. The van der Waals surface area contributed by atoms with Gasteiger partial charge in [-0.25, -0.2) is 0 Å². The van der Waals surface area contributed by atoms with Gasteiger partial charge < -0.3 is 0 Å². The van der Waals surface area contributed by atoms with Gasteiger partial charge in [-0.3, -0.25) is 0 Å². The van der Waals surface area contributed by atoms with Crippen LogP contribution in [0.5, 0.6) is 0 Å². The molecule has 1 aromatic rings. The molecule has 114 valence electrons. The van der Waals surface area contributed by atoms with Crippen molar-refractivity contribution in [3.8, 4) is 0 Å². The Morgan fingerprint density at radius 2 is 1.55 bits per heavy atom. The van der Waals surface area contributed by atoms with E-state index in [2.05, 4.69) is 17.5 Å². The standard InChI is InChI=1S/C13H20O3SSe3/c1-11-5-7-12(8-6-11)17(14,15)16-10-9-13(18-2,19-3)20-4/h5-8H,9-10H2,1-4H3. The third kappa shape index (κ3) is 5.15. The van der Waals surface area contributed by atoms with Gasteiger partial charge in [0.15, 0.2) is 0 Å². The molecule has 1 rings (SSSR count). The monoisotopic (exact) mass is 496 g/mol. The fourth-order valence-corrected chi connectivity index (χ4v) is 10.8. The van der Waals surface area contributed by atoms with E-state index in [9.17, 15) is 8.42 Å². The molecule has 0 saturated carbocycles. The van der Waals surface area contributed by atoms with Crippen molar-refractivity contribution in [2.75, 3.05) is 6.61 Å². The average molecular weight is 493 g/mol. The molecule has 0 spiro atoms. The van der Waals surface area contributed by atoms with E-state index in [1.54, 1.807) is 24.3 Å². The molecule has 0 bridgehead atoms. The molecule has 0 radical (unpaired) electrons. The molecule has 0 amide bonds. The fraction of sp³-hybridized carbons (Fsp3) is 0.538. The van der Waals surface area contributed by atoms with E-state index in [0.29, 0.717) is 53.6 Å². The van der Waals surface area contributed by atoms with Gasteiger partial charge in [0.25, 0.3) is 0 Å². The second kappa shape index (κ2) is 8.35. The second-order valence-electron chi connectivity index (χ2n) is 4.13. The Kier molecular flexibility index (Phi) is 7.83. The maximum atomic E-state index is 12.1. The molecule has 0 unspecified atom stereocenters. The molecule has 0 N–H and O–H groups in total. The first-order chi connectivity index (χ1) is 9.39. The summed E-state index contributed by atoms with van der Waals surface area (Å²) < 4.78 is 29.8. The summed E-state index contributed by atoms with van der Waals surface area (Å²) in [4.78, 5) is 0.250. The van der Waals surface area contributed by atoms with Crippen molar-refractivity contribution in [3.63, 3.8) is 0 Å². The fourth-order valence-electron chi connectivity index (χ4n) is 1.61. The van der Waals surface area contributed by atoms with Crippen LogP contribution in [0, 0.1) is 6.92 Å². The molecule has 0 atom stereocenters. The van der Waals surface area contributed by atoms with Gasteiger partial charge in [0.05, 0.1) is 0 Å². The third-order valence-electron chi connectivity index (χ3n) is 2.89. The zero-order valence-corrected chi connectivity index (χ0v) is 18.0. The normalized spacial score (nSPS) is 12.6. The first-order valence-electron chi connectivity index (χ1n) is 6.00. The summed E-state index contributed by atoms with van der Waals surface area (Å²) in [5.41, 5.74) is 1.04. The molecular formula is C13H20O3SSe3. The zero-order chi connectivity index (χ0) is 15.2. The van der Waals surface area contributed by atoms with Crippen molar-refractivity contribution in [2.45, 2.75) is 37.8 Å². The van der Waals surface area contributed by atoms with E-state index < -0.39 is 10.1 Å². The van der Waals surface area contributed by atoms with Crippen LogP contribution in [-0.4, -0.2) is 59.9 Å². The summed E-state index contributed by atoms with van der Waals surface area (Å²) in [7, 11) is -3.60. The van der Waals surface area contributed by atoms with Crippen LogP contribution in [0.2, 0.25) is 19.6 Å². The van der Waals surface area contributed by atoms with Gasteiger partial charge in [-0.15, -0.1) is 0 Å². The van der Waals surface area contributed by atoms with Crippen LogP contribution in [0.25, 0.3) is 0 Å². The predicted octanol–water partition coefficient (Wildman–Crippen LogP) is 2.42. The van der Waals surface area contributed by atoms with Crippen molar-refractivity contribution >= 4 is 55.0 Å². The van der Waals surface area contributed by atoms with Crippen LogP contribution < -0.4 is 0 Å². The molecule has 0 aromatic heterocycles. The summed E-state index contributed by atoms with van der Waals surface area (Å²) in [6.07, 6.45) is 0.863. The van der Waals surface area contributed by atoms with Gasteiger partial charge in [0.2, 0.25) is 0 Å². The molecule has 3 nitrogen and oxygen atoms in total. The predicted molar refractivity (Wildman–Crippen MR) is 86.5 cm³/mol. The number of hydrogen-bond donors (Lipinski definition) is 0. The first kappa shape index (κ1) is 18.7. The molecule has 7 heteroatoms. The third-order valence-corrected chi connectivity index (χ3v) is 20.3. The zero-order valence-electron chi connectivity index (χ0n) is 12.1. The van der Waals surface area contributed by atoms with Crippen molar-refractivity contribution in [2.24, 2.45) is 0 Å². The van der Waals surface area contributed by atoms with E-state index in [4.69, 9.17) is 4.18 Å². The van der Waals surface area contributed by atoms with Gasteiger partial charge in [-0.05, 0) is 0 Å². The topological polar surface area (TPSA) is 43.4 Å². The summed E-state index contributed by atoms with van der Waals surface area (Å²) in [6, 6.07) is 6.80. The van der Waals surface area contributed by atoms with Crippen molar-refractivity contribution < 1.29 is 12.6 Å². The average Bonchev–Trinajstić information content (AvgIpc) is 2.44. The SMILES string of the molecule is C[Se]C(CCOS(=O)(=O)c1ccc(C)cc1)([Se]C)[Se]C. The van der Waals surface area contributed by atoms with Crippen LogP contribution in [0.1, 0.15) is 12.0 Å².